The largest absolute Gasteiger partial charge is 0.394 e. The number of benzene rings is 2. The Hall–Kier alpha value is -1.36. The number of carbonyl (C=O) groups is 1. The molecule has 0 radical (unpaired) electrons. The minimum Gasteiger partial charge on any atom is -0.394 e. The van der Waals surface area contributed by atoms with Crippen LogP contribution in [0.2, 0.25) is 5.02 Å². The van der Waals surface area contributed by atoms with Crippen molar-refractivity contribution in [1.82, 2.24) is 5.32 Å². The van der Waals surface area contributed by atoms with Gasteiger partial charge >= 0.3 is 0 Å². The third-order valence-electron chi connectivity index (χ3n) is 2.87. The monoisotopic (exact) mass is 353 g/mol. The fourth-order valence-electron chi connectivity index (χ4n) is 1.80. The molecule has 0 saturated carbocycles. The number of rotatable bonds is 4. The van der Waals surface area contributed by atoms with Crippen molar-refractivity contribution >= 4 is 33.4 Å². The summed E-state index contributed by atoms with van der Waals surface area (Å²) in [6, 6.07) is 13.8. The highest BCUT2D eigenvalue weighted by Gasteiger charge is 2.15. The molecule has 2 rings (SSSR count). The highest BCUT2D eigenvalue weighted by atomic mass is 79.9. The molecule has 2 N–H and O–H groups in total. The predicted octanol–water partition coefficient (Wildman–Crippen LogP) is 3.57. The van der Waals surface area contributed by atoms with Gasteiger partial charge in [-0.25, -0.2) is 0 Å². The average molecular weight is 355 g/mol. The van der Waals surface area contributed by atoms with Crippen LogP contribution >= 0.6 is 27.5 Å². The Morgan fingerprint density at radius 3 is 2.55 bits per heavy atom. The lowest BCUT2D eigenvalue weighted by atomic mass is 10.1. The molecular weight excluding hydrogens is 342 g/mol. The molecule has 0 aliphatic carbocycles. The van der Waals surface area contributed by atoms with E-state index in [0.29, 0.717) is 15.1 Å². The van der Waals surface area contributed by atoms with Crippen molar-refractivity contribution in [3.05, 3.63) is 69.2 Å². The van der Waals surface area contributed by atoms with Gasteiger partial charge in [-0.2, -0.15) is 0 Å². The van der Waals surface area contributed by atoms with Crippen LogP contribution in [0.15, 0.2) is 53.0 Å². The third kappa shape index (κ3) is 3.60. The van der Waals surface area contributed by atoms with Gasteiger partial charge in [-0.05, 0) is 39.7 Å². The van der Waals surface area contributed by atoms with Gasteiger partial charge in [0.1, 0.15) is 0 Å². The van der Waals surface area contributed by atoms with Gasteiger partial charge in [0.15, 0.2) is 0 Å². The van der Waals surface area contributed by atoms with Gasteiger partial charge < -0.3 is 10.4 Å². The van der Waals surface area contributed by atoms with Crippen molar-refractivity contribution in [2.45, 2.75) is 6.04 Å². The number of carbonyl (C=O) groups excluding carboxylic acids is 1. The van der Waals surface area contributed by atoms with Crippen LogP contribution in [-0.4, -0.2) is 17.6 Å². The molecule has 0 heterocycles. The van der Waals surface area contributed by atoms with Gasteiger partial charge in [0, 0.05) is 10.0 Å². The van der Waals surface area contributed by atoms with E-state index in [4.69, 9.17) is 11.6 Å². The van der Waals surface area contributed by atoms with Crippen molar-refractivity contribution < 1.29 is 9.90 Å². The van der Waals surface area contributed by atoms with E-state index < -0.39 is 6.04 Å². The molecule has 0 unspecified atom stereocenters. The van der Waals surface area contributed by atoms with Crippen LogP contribution < -0.4 is 5.32 Å². The Bertz CT molecular complexity index is 604. The molecule has 0 aliphatic rings. The van der Waals surface area contributed by atoms with Gasteiger partial charge in [-0.3, -0.25) is 4.79 Å². The van der Waals surface area contributed by atoms with E-state index in [1.54, 1.807) is 18.2 Å². The van der Waals surface area contributed by atoms with Crippen molar-refractivity contribution in [3.8, 4) is 0 Å². The molecule has 5 heteroatoms. The van der Waals surface area contributed by atoms with Crippen molar-refractivity contribution in [2.75, 3.05) is 6.61 Å². The van der Waals surface area contributed by atoms with E-state index in [2.05, 4.69) is 21.2 Å². The minimum absolute atomic E-state index is 0.162. The van der Waals surface area contributed by atoms with Gasteiger partial charge in [0.05, 0.1) is 17.7 Å². The Morgan fingerprint density at radius 1 is 1.25 bits per heavy atom. The minimum atomic E-state index is -0.432. The number of nitrogens with one attached hydrogen (secondary N) is 1. The maximum Gasteiger partial charge on any atom is 0.251 e. The summed E-state index contributed by atoms with van der Waals surface area (Å²) < 4.78 is 0.659. The zero-order valence-corrected chi connectivity index (χ0v) is 12.9. The molecule has 0 saturated heterocycles. The van der Waals surface area contributed by atoms with Crippen molar-refractivity contribution in [2.24, 2.45) is 0 Å². The fraction of sp³-hybridized carbons (Fsp3) is 0.133. The van der Waals surface area contributed by atoms with Crippen LogP contribution in [-0.2, 0) is 0 Å². The number of halogens is 2. The fourth-order valence-corrected chi connectivity index (χ4v) is 2.30. The number of aliphatic hydroxyl groups is 1. The molecule has 0 bridgehead atoms. The summed E-state index contributed by atoms with van der Waals surface area (Å²) in [5.41, 5.74) is 1.34. The lowest BCUT2D eigenvalue weighted by molar-refractivity contribution is 0.0916. The van der Waals surface area contributed by atoms with E-state index in [1.807, 2.05) is 30.3 Å². The standard InChI is InChI=1S/C15H13BrClNO2/c16-12-8-11(6-7-13(12)17)15(20)18-14(9-19)10-4-2-1-3-5-10/h1-8,14,19H,9H2,(H,18,20)/t14-/m1/s1. The third-order valence-corrected chi connectivity index (χ3v) is 4.09. The molecule has 3 nitrogen and oxygen atoms in total. The Morgan fingerprint density at radius 2 is 1.95 bits per heavy atom. The first-order chi connectivity index (χ1) is 9.61. The predicted molar refractivity (Wildman–Crippen MR) is 82.9 cm³/mol. The maximum absolute atomic E-state index is 12.2. The number of aliphatic hydroxyl groups excluding tert-OH is 1. The maximum atomic E-state index is 12.2. The molecule has 20 heavy (non-hydrogen) atoms. The lowest BCUT2D eigenvalue weighted by Gasteiger charge is -2.17. The summed E-state index contributed by atoms with van der Waals surface area (Å²) in [5.74, 6) is -0.259. The number of hydrogen-bond donors (Lipinski definition) is 2. The van der Waals surface area contributed by atoms with E-state index in [1.165, 1.54) is 0 Å². The quantitative estimate of drug-likeness (QED) is 0.882. The van der Waals surface area contributed by atoms with Gasteiger partial charge in [0.2, 0.25) is 0 Å². The van der Waals surface area contributed by atoms with Crippen LogP contribution in [0.4, 0.5) is 0 Å². The molecule has 2 aromatic rings. The van der Waals surface area contributed by atoms with Crippen molar-refractivity contribution in [1.29, 1.82) is 0 Å². The zero-order chi connectivity index (χ0) is 14.5. The van der Waals surface area contributed by atoms with E-state index in [0.717, 1.165) is 5.56 Å². The van der Waals surface area contributed by atoms with Crippen LogP contribution in [0.3, 0.4) is 0 Å². The summed E-state index contributed by atoms with van der Waals surface area (Å²) in [6.45, 7) is -0.162. The zero-order valence-electron chi connectivity index (χ0n) is 10.5. The molecule has 0 aliphatic heterocycles. The molecule has 2 aromatic carbocycles. The summed E-state index contributed by atoms with van der Waals surface area (Å²) in [5, 5.41) is 12.8. The van der Waals surface area contributed by atoms with Crippen LogP contribution in [0.5, 0.6) is 0 Å². The Kier molecular flexibility index (Phi) is 5.17. The second kappa shape index (κ2) is 6.88. The highest BCUT2D eigenvalue weighted by molar-refractivity contribution is 9.10. The van der Waals surface area contributed by atoms with Gasteiger partial charge in [-0.15, -0.1) is 0 Å². The SMILES string of the molecule is O=C(N[C@H](CO)c1ccccc1)c1ccc(Cl)c(Br)c1. The number of hydrogen-bond acceptors (Lipinski definition) is 2. The van der Waals surface area contributed by atoms with Gasteiger partial charge in [-0.1, -0.05) is 41.9 Å². The van der Waals surface area contributed by atoms with Crippen molar-refractivity contribution in [3.63, 3.8) is 0 Å². The highest BCUT2D eigenvalue weighted by Crippen LogP contribution is 2.23. The molecule has 104 valence electrons. The van der Waals surface area contributed by atoms with Gasteiger partial charge in [0.25, 0.3) is 5.91 Å². The van der Waals surface area contributed by atoms with Crippen LogP contribution in [0, 0.1) is 0 Å². The molecule has 0 spiro atoms. The first-order valence-corrected chi connectivity index (χ1v) is 7.20. The van der Waals surface area contributed by atoms with E-state index in [9.17, 15) is 9.90 Å². The summed E-state index contributed by atoms with van der Waals surface area (Å²) in [4.78, 5) is 12.2. The second-order valence-corrected chi connectivity index (χ2v) is 5.51. The molecule has 0 fully saturated rings. The normalized spacial score (nSPS) is 11.9. The smallest absolute Gasteiger partial charge is 0.251 e. The Labute approximate surface area is 130 Å². The van der Waals surface area contributed by atoms with E-state index >= 15 is 0 Å². The lowest BCUT2D eigenvalue weighted by Crippen LogP contribution is -2.30. The summed E-state index contributed by atoms with van der Waals surface area (Å²) in [6.07, 6.45) is 0. The van der Waals surface area contributed by atoms with E-state index in [-0.39, 0.29) is 12.5 Å². The number of amides is 1. The first kappa shape index (κ1) is 15.0. The molecule has 1 amide bonds. The first-order valence-electron chi connectivity index (χ1n) is 6.03. The average Bonchev–Trinajstić information content (AvgIpc) is 2.48. The summed E-state index contributed by atoms with van der Waals surface area (Å²) in [7, 11) is 0. The van der Waals surface area contributed by atoms with Crippen LogP contribution in [0.25, 0.3) is 0 Å². The molecular formula is C15H13BrClNO2. The Balaban J connectivity index is 2.15. The molecule has 1 atom stereocenters. The molecule has 0 aromatic heterocycles. The van der Waals surface area contributed by atoms with Crippen LogP contribution in [0.1, 0.15) is 22.0 Å². The summed E-state index contributed by atoms with van der Waals surface area (Å²) >= 11 is 9.18. The topological polar surface area (TPSA) is 49.3 Å². The second-order valence-electron chi connectivity index (χ2n) is 4.25.